The summed E-state index contributed by atoms with van der Waals surface area (Å²) in [5.41, 5.74) is 13.7. The first-order valence-electron chi connectivity index (χ1n) is 21.6. The monoisotopic (exact) mass is 804 g/mol. The number of hydrogen-bond donors (Lipinski definition) is 0. The van der Waals surface area contributed by atoms with Gasteiger partial charge in [0.25, 0.3) is 0 Å². The molecule has 0 spiro atoms. The highest BCUT2D eigenvalue weighted by molar-refractivity contribution is 6.82. The molecule has 3 heterocycles. The predicted molar refractivity (Wildman–Crippen MR) is 256 cm³/mol. The summed E-state index contributed by atoms with van der Waals surface area (Å²) < 4.78 is 12.1. The first-order valence-corrected chi connectivity index (χ1v) is 25.1. The van der Waals surface area contributed by atoms with E-state index < -0.39 is 8.07 Å². The van der Waals surface area contributed by atoms with Crippen LogP contribution < -0.4 is 4.57 Å². The van der Waals surface area contributed by atoms with Gasteiger partial charge >= 0.3 is 5.82 Å². The molecule has 0 amide bonds. The molecule has 5 heteroatoms. The molecule has 302 valence electrons. The van der Waals surface area contributed by atoms with Crippen LogP contribution in [0.5, 0.6) is 0 Å². The van der Waals surface area contributed by atoms with Crippen LogP contribution in [0.2, 0.25) is 19.6 Å². The van der Waals surface area contributed by atoms with Gasteiger partial charge in [-0.2, -0.15) is 9.13 Å². The van der Waals surface area contributed by atoms with E-state index in [0.29, 0.717) is 0 Å². The fraction of sp³-hybridized carbons (Fsp3) is 0.255. The van der Waals surface area contributed by atoms with Crippen molar-refractivity contribution in [2.75, 3.05) is 7.05 Å². The van der Waals surface area contributed by atoms with Crippen LogP contribution in [0, 0.1) is 0 Å². The topological polar surface area (TPSA) is 25.2 Å². The molecular formula is C55H58N3OSi+. The van der Waals surface area contributed by atoms with Gasteiger partial charge in [-0.3, -0.25) is 0 Å². The van der Waals surface area contributed by atoms with Crippen molar-refractivity contribution < 1.29 is 8.98 Å². The molecule has 2 unspecified atom stereocenters. The van der Waals surface area contributed by atoms with E-state index in [4.69, 9.17) is 11.0 Å². The zero-order valence-corrected chi connectivity index (χ0v) is 37.6. The molecule has 2 atom stereocenters. The molecule has 0 aliphatic carbocycles. The van der Waals surface area contributed by atoms with Crippen LogP contribution in [0.4, 0.5) is 0 Å². The maximum atomic E-state index is 7.05. The number of rotatable bonds is 6. The third-order valence-electron chi connectivity index (χ3n) is 13.1. The Morgan fingerprint density at radius 3 is 2.23 bits per heavy atom. The maximum absolute atomic E-state index is 7.05. The minimum absolute atomic E-state index is 0.0273. The lowest BCUT2D eigenvalue weighted by Gasteiger charge is -2.36. The van der Waals surface area contributed by atoms with E-state index in [1.165, 1.54) is 33.0 Å². The summed E-state index contributed by atoms with van der Waals surface area (Å²) in [6, 6.07) is 51.4. The Morgan fingerprint density at radius 1 is 0.817 bits per heavy atom. The van der Waals surface area contributed by atoms with Crippen LogP contribution in [0.15, 0.2) is 162 Å². The van der Waals surface area contributed by atoms with Crippen LogP contribution in [-0.2, 0) is 11.8 Å². The predicted octanol–water partition coefficient (Wildman–Crippen LogP) is 14.1. The SMILES string of the molecule is C=C1CC(N(C)/C=C(\C)[Si](C)(C)C)C(c2ccccc2)CCc2ccc3c(oc4ccccc43)c2-c2n1c1ccccc1[n+]2-c1ccc(C(C)(C)C)cc1-c1ccccc1. The molecule has 2 aromatic heterocycles. The summed E-state index contributed by atoms with van der Waals surface area (Å²) in [6.45, 7) is 21.6. The van der Waals surface area contributed by atoms with E-state index in [-0.39, 0.29) is 17.4 Å². The Bertz CT molecular complexity index is 2920. The highest BCUT2D eigenvalue weighted by Crippen LogP contribution is 2.44. The van der Waals surface area contributed by atoms with Crippen LogP contribution in [0.25, 0.3) is 66.9 Å². The van der Waals surface area contributed by atoms with Gasteiger partial charge in [-0.15, -0.1) is 0 Å². The first kappa shape index (κ1) is 39.5. The number of likely N-dealkylation sites (N-methyl/N-ethyl adjacent to an activating group) is 1. The van der Waals surface area contributed by atoms with Crippen LogP contribution in [-0.4, -0.2) is 30.6 Å². The van der Waals surface area contributed by atoms with Crippen molar-refractivity contribution in [2.45, 2.75) is 84.0 Å². The number of benzene rings is 6. The molecule has 0 radical (unpaired) electrons. The lowest BCUT2D eigenvalue weighted by atomic mass is 9.82. The second-order valence-corrected chi connectivity index (χ2v) is 24.3. The molecule has 1 aliphatic rings. The lowest BCUT2D eigenvalue weighted by molar-refractivity contribution is -0.554. The van der Waals surface area contributed by atoms with Gasteiger partial charge in [0.1, 0.15) is 22.5 Å². The first-order chi connectivity index (χ1) is 28.8. The van der Waals surface area contributed by atoms with Crippen LogP contribution >= 0.6 is 0 Å². The van der Waals surface area contributed by atoms with Crippen molar-refractivity contribution in [3.8, 4) is 28.2 Å². The third-order valence-corrected chi connectivity index (χ3v) is 15.6. The van der Waals surface area contributed by atoms with Crippen molar-refractivity contribution in [1.29, 1.82) is 0 Å². The minimum Gasteiger partial charge on any atom is -0.455 e. The highest BCUT2D eigenvalue weighted by Gasteiger charge is 2.39. The molecule has 6 aromatic carbocycles. The van der Waals surface area contributed by atoms with E-state index in [0.717, 1.165) is 75.0 Å². The second-order valence-electron chi connectivity index (χ2n) is 19.0. The summed E-state index contributed by atoms with van der Waals surface area (Å²) in [5.74, 6) is 1.33. The highest BCUT2D eigenvalue weighted by atomic mass is 28.3. The van der Waals surface area contributed by atoms with E-state index in [2.05, 4.69) is 214 Å². The van der Waals surface area contributed by atoms with Gasteiger partial charge in [0.2, 0.25) is 0 Å². The van der Waals surface area contributed by atoms with E-state index in [1.807, 2.05) is 0 Å². The summed E-state index contributed by atoms with van der Waals surface area (Å²) in [5, 5.41) is 3.76. The number of aromatic nitrogens is 2. The summed E-state index contributed by atoms with van der Waals surface area (Å²) >= 11 is 0. The van der Waals surface area contributed by atoms with Crippen molar-refractivity contribution in [3.05, 3.63) is 174 Å². The number of allylic oxidation sites excluding steroid dienone is 1. The molecule has 4 nitrogen and oxygen atoms in total. The Hall–Kier alpha value is -5.91. The van der Waals surface area contributed by atoms with Gasteiger partial charge in [-0.05, 0) is 84.0 Å². The van der Waals surface area contributed by atoms with E-state index in [1.54, 1.807) is 0 Å². The third kappa shape index (κ3) is 7.03. The van der Waals surface area contributed by atoms with Crippen LogP contribution in [0.1, 0.15) is 63.1 Å². The van der Waals surface area contributed by atoms with E-state index >= 15 is 0 Å². The largest absolute Gasteiger partial charge is 0.455 e. The standard InChI is InChI=1S/C55H58N3OSi/c1-37-34-50(56(6)36-38(2)60(7,8)9)43(39-20-12-10-13-21-39)31-28-41-29-32-45-44-24-16-19-27-51(44)59-53(45)52(41)54-57(37)48-25-17-18-26-49(48)58(54)47-33-30-42(55(3,4)5)35-46(47)40-22-14-11-15-23-40/h10-27,29-30,32-33,35-36,43,50H,1,28,31,34H2,2-9H3/q+1/b38-36+. The molecule has 60 heavy (non-hydrogen) atoms. The number of hydrogen-bond acceptors (Lipinski definition) is 2. The minimum atomic E-state index is -1.53. The number of aryl methyl sites for hydroxylation is 1. The molecular weight excluding hydrogens is 747 g/mol. The Morgan fingerprint density at radius 2 is 1.50 bits per heavy atom. The van der Waals surface area contributed by atoms with Gasteiger partial charge in [-0.1, -0.05) is 161 Å². The smallest absolute Gasteiger partial charge is 0.304 e. The molecule has 0 saturated carbocycles. The molecule has 9 rings (SSSR count). The van der Waals surface area contributed by atoms with Gasteiger partial charge in [0, 0.05) is 41.8 Å². The summed E-state index contributed by atoms with van der Waals surface area (Å²) in [4.78, 5) is 2.53. The zero-order chi connectivity index (χ0) is 41.9. The van der Waals surface area contributed by atoms with Crippen molar-refractivity contribution in [2.24, 2.45) is 0 Å². The van der Waals surface area contributed by atoms with Gasteiger partial charge in [0.15, 0.2) is 16.6 Å². The molecule has 0 bridgehead atoms. The van der Waals surface area contributed by atoms with Crippen molar-refractivity contribution in [1.82, 2.24) is 9.47 Å². The average molecular weight is 805 g/mol. The fourth-order valence-corrected chi connectivity index (χ4v) is 9.97. The zero-order valence-electron chi connectivity index (χ0n) is 36.6. The molecule has 0 fully saturated rings. The summed E-state index contributed by atoms with van der Waals surface area (Å²) in [7, 11) is 0.765. The Balaban J connectivity index is 1.40. The normalized spacial score (nSPS) is 16.6. The van der Waals surface area contributed by atoms with Crippen LogP contribution in [0.3, 0.4) is 0 Å². The quantitative estimate of drug-likeness (QED) is 0.124. The molecule has 0 saturated heterocycles. The number of imidazole rings is 1. The van der Waals surface area contributed by atoms with Gasteiger partial charge < -0.3 is 9.32 Å². The second kappa shape index (κ2) is 15.3. The number of para-hydroxylation sites is 3. The van der Waals surface area contributed by atoms with Gasteiger partial charge in [0.05, 0.1) is 8.07 Å². The summed E-state index contributed by atoms with van der Waals surface area (Å²) in [6.07, 6.45) is 5.08. The maximum Gasteiger partial charge on any atom is 0.304 e. The lowest BCUT2D eigenvalue weighted by Crippen LogP contribution is -2.37. The Labute approximate surface area is 357 Å². The molecule has 0 N–H and O–H groups in total. The average Bonchev–Trinajstić information content (AvgIpc) is 3.79. The van der Waals surface area contributed by atoms with Crippen molar-refractivity contribution in [3.63, 3.8) is 0 Å². The molecule has 8 aromatic rings. The van der Waals surface area contributed by atoms with Crippen molar-refractivity contribution >= 4 is 46.7 Å². The van der Waals surface area contributed by atoms with Gasteiger partial charge in [-0.25, -0.2) is 0 Å². The number of fused-ring (bicyclic) bond motifs is 9. The molecule has 1 aliphatic heterocycles. The fourth-order valence-electron chi connectivity index (χ4n) is 9.38. The van der Waals surface area contributed by atoms with E-state index in [9.17, 15) is 0 Å². The number of furan rings is 1. The Kier molecular flexibility index (Phi) is 10.1. The number of nitrogens with zero attached hydrogens (tertiary/aromatic N) is 3.